The molecular weight excluding hydrogens is 401 g/mol. The third-order valence-electron chi connectivity index (χ3n) is 5.51. The zero-order valence-electron chi connectivity index (χ0n) is 16.5. The van der Waals surface area contributed by atoms with Crippen molar-refractivity contribution in [2.24, 2.45) is 11.7 Å². The van der Waals surface area contributed by atoms with Gasteiger partial charge >= 0.3 is 0 Å². The van der Waals surface area contributed by atoms with Gasteiger partial charge in [-0.25, -0.2) is 0 Å². The smallest absolute Gasteiger partial charge is 0.225 e. The summed E-state index contributed by atoms with van der Waals surface area (Å²) in [6, 6.07) is 7.34. The first kappa shape index (κ1) is 24.8. The van der Waals surface area contributed by atoms with E-state index in [0.29, 0.717) is 6.61 Å². The van der Waals surface area contributed by atoms with Crippen molar-refractivity contribution in [2.45, 2.75) is 44.8 Å². The Balaban J connectivity index is 0.00000196. The number of phenols is 1. The van der Waals surface area contributed by atoms with E-state index in [9.17, 15) is 9.90 Å². The summed E-state index contributed by atoms with van der Waals surface area (Å²) in [7, 11) is 0. The maximum absolute atomic E-state index is 12.9. The van der Waals surface area contributed by atoms with Crippen molar-refractivity contribution in [2.75, 3.05) is 37.7 Å². The highest BCUT2D eigenvalue weighted by atomic mass is 35.5. The van der Waals surface area contributed by atoms with Gasteiger partial charge in [0, 0.05) is 56.5 Å². The lowest BCUT2D eigenvalue weighted by atomic mass is 9.83. The van der Waals surface area contributed by atoms with Gasteiger partial charge in [-0.3, -0.25) is 4.79 Å². The van der Waals surface area contributed by atoms with Crippen molar-refractivity contribution in [1.82, 2.24) is 4.90 Å². The Bertz CT molecular complexity index is 612. The summed E-state index contributed by atoms with van der Waals surface area (Å²) in [5.74, 6) is 0.555. The van der Waals surface area contributed by atoms with Crippen LogP contribution in [0.15, 0.2) is 24.3 Å². The molecule has 0 bridgehead atoms. The van der Waals surface area contributed by atoms with Gasteiger partial charge in [0.25, 0.3) is 0 Å². The van der Waals surface area contributed by atoms with Crippen LogP contribution in [-0.2, 0) is 9.53 Å². The largest absolute Gasteiger partial charge is 0.508 e. The lowest BCUT2D eigenvalue weighted by molar-refractivity contribution is -0.139. The minimum absolute atomic E-state index is 0. The molecule has 160 valence electrons. The van der Waals surface area contributed by atoms with Crippen molar-refractivity contribution in [3.05, 3.63) is 24.3 Å². The number of ether oxygens (including phenoxy) is 1. The third-order valence-corrected chi connectivity index (χ3v) is 5.51. The van der Waals surface area contributed by atoms with Gasteiger partial charge in [0.1, 0.15) is 5.75 Å². The number of benzene rings is 1. The maximum atomic E-state index is 12.9. The summed E-state index contributed by atoms with van der Waals surface area (Å²) < 4.78 is 5.87. The summed E-state index contributed by atoms with van der Waals surface area (Å²) in [5, 5.41) is 9.65. The number of carbonyl (C=O) groups excluding carboxylic acids is 1. The van der Waals surface area contributed by atoms with Crippen LogP contribution in [-0.4, -0.2) is 60.8 Å². The highest BCUT2D eigenvalue weighted by Crippen LogP contribution is 2.28. The van der Waals surface area contributed by atoms with Crippen molar-refractivity contribution in [3.8, 4) is 5.75 Å². The van der Waals surface area contributed by atoms with Gasteiger partial charge in [0.2, 0.25) is 5.91 Å². The van der Waals surface area contributed by atoms with Gasteiger partial charge in [0.05, 0.1) is 6.10 Å². The van der Waals surface area contributed by atoms with Crippen LogP contribution in [0, 0.1) is 5.92 Å². The van der Waals surface area contributed by atoms with E-state index in [2.05, 4.69) is 11.8 Å². The fourth-order valence-electron chi connectivity index (χ4n) is 3.97. The number of nitrogens with two attached hydrogens (primary N) is 1. The number of rotatable bonds is 5. The SMILES string of the molecule is CCCO[C@@H]1C[C@@H](C(=O)N2CCN(c3cccc(O)c3)CC2)CC[C@H]1N.Cl.Cl. The van der Waals surface area contributed by atoms with Crippen LogP contribution < -0.4 is 10.6 Å². The highest BCUT2D eigenvalue weighted by Gasteiger charge is 2.35. The molecule has 0 aromatic heterocycles. The quantitative estimate of drug-likeness (QED) is 0.745. The summed E-state index contributed by atoms with van der Waals surface area (Å²) >= 11 is 0. The summed E-state index contributed by atoms with van der Waals surface area (Å²) in [4.78, 5) is 17.1. The zero-order chi connectivity index (χ0) is 18.5. The second-order valence-corrected chi connectivity index (χ2v) is 7.42. The minimum Gasteiger partial charge on any atom is -0.508 e. The lowest BCUT2D eigenvalue weighted by Crippen LogP contribution is -2.52. The second-order valence-electron chi connectivity index (χ2n) is 7.42. The normalized spacial score (nSPS) is 24.9. The van der Waals surface area contributed by atoms with Crippen LogP contribution in [0.1, 0.15) is 32.6 Å². The molecule has 0 spiro atoms. The van der Waals surface area contributed by atoms with E-state index in [1.165, 1.54) is 0 Å². The number of hydrogen-bond donors (Lipinski definition) is 2. The number of nitrogens with zero attached hydrogens (tertiary/aromatic N) is 2. The van der Waals surface area contributed by atoms with Crippen LogP contribution in [0.5, 0.6) is 5.75 Å². The number of phenolic OH excluding ortho intramolecular Hbond substituents is 1. The Hall–Kier alpha value is -1.21. The Morgan fingerprint density at radius 3 is 2.57 bits per heavy atom. The topological polar surface area (TPSA) is 79.0 Å². The van der Waals surface area contributed by atoms with E-state index in [-0.39, 0.29) is 54.5 Å². The predicted octanol–water partition coefficient (Wildman–Crippen LogP) is 2.81. The number of halogens is 2. The molecule has 1 aliphatic heterocycles. The molecule has 1 saturated carbocycles. The highest BCUT2D eigenvalue weighted by molar-refractivity contribution is 5.85. The molecule has 0 unspecified atom stereocenters. The molecule has 3 N–H and O–H groups in total. The van der Waals surface area contributed by atoms with Gasteiger partial charge in [-0.05, 0) is 37.8 Å². The summed E-state index contributed by atoms with van der Waals surface area (Å²) in [5.41, 5.74) is 7.19. The zero-order valence-corrected chi connectivity index (χ0v) is 18.1. The van der Waals surface area contributed by atoms with Gasteiger partial charge in [-0.1, -0.05) is 13.0 Å². The molecule has 28 heavy (non-hydrogen) atoms. The molecule has 6 nitrogen and oxygen atoms in total. The molecule has 2 aliphatic rings. The van der Waals surface area contributed by atoms with Crippen molar-refractivity contribution in [3.63, 3.8) is 0 Å². The fraction of sp³-hybridized carbons (Fsp3) is 0.650. The van der Waals surface area contributed by atoms with Gasteiger partial charge in [-0.15, -0.1) is 24.8 Å². The van der Waals surface area contributed by atoms with Crippen molar-refractivity contribution < 1.29 is 14.6 Å². The standard InChI is InChI=1S/C20H31N3O3.2ClH/c1-2-12-26-19-13-15(6-7-18(19)21)20(25)23-10-8-22(9-11-23)16-4-3-5-17(24)14-16;;/h3-5,14-15,18-19,24H,2,6-13,21H2,1H3;2*1H/t15-,18+,19+;;/m0../s1. The van der Waals surface area contributed by atoms with Crippen LogP contribution in [0.2, 0.25) is 0 Å². The number of amides is 1. The molecular formula is C20H33Cl2N3O3. The molecule has 1 aliphatic carbocycles. The lowest BCUT2D eigenvalue weighted by Gasteiger charge is -2.40. The van der Waals surface area contributed by atoms with Crippen molar-refractivity contribution in [1.29, 1.82) is 0 Å². The minimum atomic E-state index is 0. The number of aromatic hydroxyl groups is 1. The number of hydrogen-bond acceptors (Lipinski definition) is 5. The van der Waals surface area contributed by atoms with Crippen LogP contribution in [0.4, 0.5) is 5.69 Å². The Morgan fingerprint density at radius 2 is 1.93 bits per heavy atom. The Kier molecular flexibility index (Phi) is 10.4. The molecule has 1 aromatic carbocycles. The number of piperazine rings is 1. The molecule has 3 atom stereocenters. The Morgan fingerprint density at radius 1 is 1.21 bits per heavy atom. The average Bonchev–Trinajstić information content (AvgIpc) is 2.67. The first-order chi connectivity index (χ1) is 12.6. The number of carbonyl (C=O) groups is 1. The average molecular weight is 434 g/mol. The molecule has 1 heterocycles. The Labute approximate surface area is 180 Å². The van der Waals surface area contributed by atoms with E-state index >= 15 is 0 Å². The monoisotopic (exact) mass is 433 g/mol. The van der Waals surface area contributed by atoms with E-state index in [1.54, 1.807) is 12.1 Å². The molecule has 2 fully saturated rings. The van der Waals surface area contributed by atoms with Crippen molar-refractivity contribution >= 4 is 36.4 Å². The molecule has 3 rings (SSSR count). The first-order valence-electron chi connectivity index (χ1n) is 9.78. The van der Waals surface area contributed by atoms with Crippen LogP contribution in [0.25, 0.3) is 0 Å². The van der Waals surface area contributed by atoms with Crippen LogP contribution >= 0.6 is 24.8 Å². The van der Waals surface area contributed by atoms with Crippen LogP contribution in [0.3, 0.4) is 0 Å². The van der Waals surface area contributed by atoms with E-state index in [0.717, 1.165) is 57.5 Å². The first-order valence-corrected chi connectivity index (χ1v) is 9.78. The van der Waals surface area contributed by atoms with Gasteiger partial charge < -0.3 is 25.4 Å². The third kappa shape index (κ3) is 6.14. The van der Waals surface area contributed by atoms with Gasteiger partial charge in [-0.2, -0.15) is 0 Å². The predicted molar refractivity (Wildman–Crippen MR) is 117 cm³/mol. The van der Waals surface area contributed by atoms with E-state index < -0.39 is 0 Å². The molecule has 0 radical (unpaired) electrons. The maximum Gasteiger partial charge on any atom is 0.225 e. The number of anilines is 1. The molecule has 8 heteroatoms. The summed E-state index contributed by atoms with van der Waals surface area (Å²) in [6.45, 7) is 5.81. The fourth-order valence-corrected chi connectivity index (χ4v) is 3.97. The molecule has 1 aromatic rings. The van der Waals surface area contributed by atoms with E-state index in [1.807, 2.05) is 17.0 Å². The van der Waals surface area contributed by atoms with Gasteiger partial charge in [0.15, 0.2) is 0 Å². The molecule has 1 amide bonds. The van der Waals surface area contributed by atoms with E-state index in [4.69, 9.17) is 10.5 Å². The second kappa shape index (κ2) is 11.7. The molecule has 1 saturated heterocycles. The summed E-state index contributed by atoms with van der Waals surface area (Å²) in [6.07, 6.45) is 3.43.